The number of nitrogens with zero attached hydrogens (tertiary/aromatic N) is 2. The Hall–Kier alpha value is -3.16. The Labute approximate surface area is 208 Å². The summed E-state index contributed by atoms with van der Waals surface area (Å²) >= 11 is 12.7. The molecule has 2 amide bonds. The molecular weight excluding hydrogens is 477 g/mol. The van der Waals surface area contributed by atoms with E-state index in [0.29, 0.717) is 53.4 Å². The predicted octanol–water partition coefficient (Wildman–Crippen LogP) is 5.18. The number of hydrogen-bond acceptors (Lipinski definition) is 5. The molecule has 1 N–H and O–H groups in total. The van der Waals surface area contributed by atoms with E-state index in [9.17, 15) is 9.59 Å². The molecule has 1 aliphatic rings. The summed E-state index contributed by atoms with van der Waals surface area (Å²) in [5.41, 5.74) is 3.22. The molecule has 34 heavy (non-hydrogen) atoms. The van der Waals surface area contributed by atoms with Crippen LogP contribution in [-0.4, -0.2) is 49.5 Å². The number of aryl methyl sites for hydroxylation is 2. The maximum Gasteiger partial charge on any atom is 0.289 e. The zero-order valence-corrected chi connectivity index (χ0v) is 20.4. The van der Waals surface area contributed by atoms with E-state index in [1.54, 1.807) is 41.3 Å². The van der Waals surface area contributed by atoms with Crippen LogP contribution in [0.4, 0.5) is 11.4 Å². The molecule has 2 heterocycles. The molecule has 1 aromatic heterocycles. The fourth-order valence-electron chi connectivity index (χ4n) is 3.88. The van der Waals surface area contributed by atoms with Gasteiger partial charge in [-0.05, 0) is 67.4 Å². The van der Waals surface area contributed by atoms with Crippen LogP contribution in [0.2, 0.25) is 10.0 Å². The second-order valence-corrected chi connectivity index (χ2v) is 8.92. The molecule has 0 spiro atoms. The molecule has 0 aliphatic carbocycles. The highest BCUT2D eigenvalue weighted by Crippen LogP contribution is 2.30. The van der Waals surface area contributed by atoms with Crippen molar-refractivity contribution in [2.45, 2.75) is 13.8 Å². The number of anilines is 2. The molecule has 0 bridgehead atoms. The van der Waals surface area contributed by atoms with Gasteiger partial charge in [-0.15, -0.1) is 0 Å². The van der Waals surface area contributed by atoms with Gasteiger partial charge in [-0.1, -0.05) is 23.2 Å². The maximum atomic E-state index is 12.4. The average Bonchev–Trinajstić information content (AvgIpc) is 3.36. The maximum absolute atomic E-state index is 12.4. The fourth-order valence-corrected chi connectivity index (χ4v) is 4.29. The number of carbonyl (C=O) groups is 2. The summed E-state index contributed by atoms with van der Waals surface area (Å²) < 4.78 is 10.8. The molecule has 0 radical (unpaired) electrons. The molecule has 0 saturated carbocycles. The molecule has 7 nitrogen and oxygen atoms in total. The van der Waals surface area contributed by atoms with Crippen molar-refractivity contribution in [1.82, 2.24) is 4.90 Å². The van der Waals surface area contributed by atoms with Crippen LogP contribution in [-0.2, 0) is 4.79 Å². The normalized spacial score (nSPS) is 13.6. The third-order valence-corrected chi connectivity index (χ3v) is 6.55. The first-order valence-electron chi connectivity index (χ1n) is 10.9. The Morgan fingerprint density at radius 3 is 2.35 bits per heavy atom. The summed E-state index contributed by atoms with van der Waals surface area (Å²) in [4.78, 5) is 28.7. The molecule has 0 unspecified atom stereocenters. The highest BCUT2D eigenvalue weighted by Gasteiger charge is 2.24. The second kappa shape index (κ2) is 10.4. The van der Waals surface area contributed by atoms with E-state index in [-0.39, 0.29) is 18.4 Å². The van der Waals surface area contributed by atoms with E-state index in [1.807, 2.05) is 19.9 Å². The van der Waals surface area contributed by atoms with Crippen LogP contribution in [0.3, 0.4) is 0 Å². The first-order valence-corrected chi connectivity index (χ1v) is 11.6. The number of piperazine rings is 1. The summed E-state index contributed by atoms with van der Waals surface area (Å²) in [5.74, 6) is 0.531. The van der Waals surface area contributed by atoms with Gasteiger partial charge in [0.2, 0.25) is 0 Å². The number of furan rings is 1. The van der Waals surface area contributed by atoms with Gasteiger partial charge in [0, 0.05) is 36.9 Å². The molecule has 2 aromatic carbocycles. The van der Waals surface area contributed by atoms with Gasteiger partial charge in [-0.3, -0.25) is 9.59 Å². The number of amides is 2. The third kappa shape index (κ3) is 5.48. The minimum atomic E-state index is -0.292. The van der Waals surface area contributed by atoms with Gasteiger partial charge in [0.15, 0.2) is 12.4 Å². The van der Waals surface area contributed by atoms with Crippen LogP contribution in [0.25, 0.3) is 0 Å². The molecule has 1 aliphatic heterocycles. The van der Waals surface area contributed by atoms with Crippen molar-refractivity contribution in [2.75, 3.05) is 43.0 Å². The average molecular weight is 502 g/mol. The van der Waals surface area contributed by atoms with Crippen molar-refractivity contribution in [3.8, 4) is 5.75 Å². The number of rotatable bonds is 6. The zero-order valence-electron chi connectivity index (χ0n) is 18.9. The van der Waals surface area contributed by atoms with Crippen molar-refractivity contribution in [1.29, 1.82) is 0 Å². The van der Waals surface area contributed by atoms with Gasteiger partial charge in [0.1, 0.15) is 5.75 Å². The van der Waals surface area contributed by atoms with Gasteiger partial charge < -0.3 is 24.3 Å². The highest BCUT2D eigenvalue weighted by molar-refractivity contribution is 6.33. The van der Waals surface area contributed by atoms with Gasteiger partial charge in [-0.25, -0.2) is 0 Å². The number of carbonyl (C=O) groups excluding carboxylic acids is 2. The first-order chi connectivity index (χ1) is 16.3. The molecule has 0 atom stereocenters. The Morgan fingerprint density at radius 2 is 1.74 bits per heavy atom. The molecule has 1 fully saturated rings. The molecule has 4 rings (SSSR count). The first kappa shape index (κ1) is 24.0. The van der Waals surface area contributed by atoms with Crippen LogP contribution in [0, 0.1) is 13.8 Å². The van der Waals surface area contributed by atoms with Gasteiger partial charge in [-0.2, -0.15) is 0 Å². The molecule has 178 valence electrons. The van der Waals surface area contributed by atoms with Crippen molar-refractivity contribution >= 4 is 46.4 Å². The summed E-state index contributed by atoms with van der Waals surface area (Å²) in [7, 11) is 0. The van der Waals surface area contributed by atoms with Crippen molar-refractivity contribution in [2.24, 2.45) is 0 Å². The predicted molar refractivity (Wildman–Crippen MR) is 133 cm³/mol. The summed E-state index contributed by atoms with van der Waals surface area (Å²) in [5, 5.41) is 4.02. The lowest BCUT2D eigenvalue weighted by Crippen LogP contribution is -2.48. The largest absolute Gasteiger partial charge is 0.484 e. The standard InChI is InChI=1S/C25H25Cl2N3O4/c1-16-12-19(13-17(2)24(16)27)34-15-23(31)28-18-5-6-21(20(26)14-18)29-7-9-30(10-8-29)25(32)22-4-3-11-33-22/h3-6,11-14H,7-10,15H2,1-2H3,(H,28,31). The van der Waals surface area contributed by atoms with Crippen LogP contribution in [0.5, 0.6) is 5.75 Å². The lowest BCUT2D eigenvalue weighted by Gasteiger charge is -2.36. The Bertz CT molecular complexity index is 1170. The minimum Gasteiger partial charge on any atom is -0.484 e. The van der Waals surface area contributed by atoms with Crippen molar-refractivity contribution < 1.29 is 18.7 Å². The third-order valence-electron chi connectivity index (χ3n) is 5.65. The number of nitrogens with one attached hydrogen (secondary N) is 1. The molecule has 3 aromatic rings. The van der Waals surface area contributed by atoms with E-state index in [1.165, 1.54) is 6.26 Å². The van der Waals surface area contributed by atoms with E-state index in [0.717, 1.165) is 16.8 Å². The van der Waals surface area contributed by atoms with Crippen LogP contribution in [0.15, 0.2) is 53.1 Å². The molecular formula is C25H25Cl2N3O4. The minimum absolute atomic E-state index is 0.111. The van der Waals surface area contributed by atoms with Gasteiger partial charge >= 0.3 is 0 Å². The molecule has 1 saturated heterocycles. The zero-order chi connectivity index (χ0) is 24.2. The van der Waals surface area contributed by atoms with E-state index in [4.69, 9.17) is 32.4 Å². The van der Waals surface area contributed by atoms with Crippen LogP contribution < -0.4 is 15.0 Å². The van der Waals surface area contributed by atoms with Gasteiger partial charge in [0.25, 0.3) is 11.8 Å². The molecule has 9 heteroatoms. The fraction of sp³-hybridized carbons (Fsp3) is 0.280. The lowest BCUT2D eigenvalue weighted by molar-refractivity contribution is -0.118. The number of halogens is 2. The Kier molecular flexibility index (Phi) is 7.34. The second-order valence-electron chi connectivity index (χ2n) is 8.13. The van der Waals surface area contributed by atoms with Crippen molar-refractivity contribution in [3.05, 3.63) is 75.7 Å². The quantitative estimate of drug-likeness (QED) is 0.503. The monoisotopic (exact) mass is 501 g/mol. The smallest absolute Gasteiger partial charge is 0.289 e. The van der Waals surface area contributed by atoms with Gasteiger partial charge in [0.05, 0.1) is 17.0 Å². The summed E-state index contributed by atoms with van der Waals surface area (Å²) in [6.45, 7) is 6.07. The lowest BCUT2D eigenvalue weighted by atomic mass is 10.1. The Morgan fingerprint density at radius 1 is 1.03 bits per heavy atom. The summed E-state index contributed by atoms with van der Waals surface area (Å²) in [6.07, 6.45) is 1.50. The Balaban J connectivity index is 1.31. The van der Waals surface area contributed by atoms with Crippen molar-refractivity contribution in [3.63, 3.8) is 0 Å². The summed E-state index contributed by atoms with van der Waals surface area (Å²) in [6, 6.07) is 12.4. The topological polar surface area (TPSA) is 75.0 Å². The highest BCUT2D eigenvalue weighted by atomic mass is 35.5. The van der Waals surface area contributed by atoms with Crippen LogP contribution in [0.1, 0.15) is 21.7 Å². The number of benzene rings is 2. The number of hydrogen-bond donors (Lipinski definition) is 1. The van der Waals surface area contributed by atoms with E-state index in [2.05, 4.69) is 10.2 Å². The van der Waals surface area contributed by atoms with E-state index < -0.39 is 0 Å². The van der Waals surface area contributed by atoms with Crippen LogP contribution >= 0.6 is 23.2 Å². The van der Waals surface area contributed by atoms with E-state index >= 15 is 0 Å². The number of ether oxygens (including phenoxy) is 1. The SMILES string of the molecule is Cc1cc(OCC(=O)Nc2ccc(N3CCN(C(=O)c4ccco4)CC3)c(Cl)c2)cc(C)c1Cl.